The highest BCUT2D eigenvalue weighted by molar-refractivity contribution is 5.76. The van der Waals surface area contributed by atoms with Gasteiger partial charge >= 0.3 is 18.3 Å². The molecule has 2 fully saturated rings. The van der Waals surface area contributed by atoms with E-state index in [4.69, 9.17) is 10.2 Å². The molecular weight excluding hydrogens is 394 g/mol. The summed E-state index contributed by atoms with van der Waals surface area (Å²) >= 11 is 0. The van der Waals surface area contributed by atoms with Crippen LogP contribution in [0.15, 0.2) is 0 Å². The van der Waals surface area contributed by atoms with Crippen LogP contribution in [0.5, 0.6) is 0 Å². The SMILES string of the molecule is CCC(C)(CO)C(=O)OC.OC(CC1CC2CCC1C2)(C(F)(F)F)C(F)(F)F. The zero-order valence-corrected chi connectivity index (χ0v) is 16.2. The summed E-state index contributed by atoms with van der Waals surface area (Å²) in [7, 11) is 1.33. The average Bonchev–Trinajstić information content (AvgIpc) is 3.21. The van der Waals surface area contributed by atoms with Crippen LogP contribution in [0.1, 0.15) is 52.4 Å². The van der Waals surface area contributed by atoms with Gasteiger partial charge in [0.2, 0.25) is 0 Å². The smallest absolute Gasteiger partial charge is 0.426 e. The molecular formula is C18H28F6O4. The number of esters is 1. The normalized spacial score (nSPS) is 27.0. The molecule has 2 aliphatic carbocycles. The summed E-state index contributed by atoms with van der Waals surface area (Å²) in [4.78, 5) is 10.9. The first-order chi connectivity index (χ1) is 12.6. The molecule has 2 saturated carbocycles. The van der Waals surface area contributed by atoms with Crippen molar-refractivity contribution in [1.82, 2.24) is 0 Å². The number of hydrogen-bond acceptors (Lipinski definition) is 4. The predicted octanol–water partition coefficient (Wildman–Crippen LogP) is 4.24. The van der Waals surface area contributed by atoms with Crippen molar-refractivity contribution in [3.05, 3.63) is 0 Å². The lowest BCUT2D eigenvalue weighted by Crippen LogP contribution is -2.58. The second-order valence-electron chi connectivity index (χ2n) is 8.06. The molecule has 2 aliphatic rings. The van der Waals surface area contributed by atoms with Gasteiger partial charge in [0, 0.05) is 0 Å². The number of alkyl halides is 6. The fourth-order valence-corrected chi connectivity index (χ4v) is 3.97. The van der Waals surface area contributed by atoms with E-state index < -0.39 is 35.7 Å². The molecule has 0 radical (unpaired) electrons. The van der Waals surface area contributed by atoms with Gasteiger partial charge in [-0.15, -0.1) is 0 Å². The minimum absolute atomic E-state index is 0.0915. The summed E-state index contributed by atoms with van der Waals surface area (Å²) in [6.45, 7) is 3.36. The Morgan fingerprint density at radius 1 is 1.07 bits per heavy atom. The van der Waals surface area contributed by atoms with Crippen molar-refractivity contribution in [2.75, 3.05) is 13.7 Å². The number of methoxy groups -OCH3 is 1. The molecule has 0 amide bonds. The number of halogens is 6. The van der Waals surface area contributed by atoms with Crippen LogP contribution >= 0.6 is 0 Å². The van der Waals surface area contributed by atoms with Crippen LogP contribution in [0.3, 0.4) is 0 Å². The summed E-state index contributed by atoms with van der Waals surface area (Å²) in [6, 6.07) is 0. The van der Waals surface area contributed by atoms with Crippen molar-refractivity contribution < 1.29 is 46.1 Å². The molecule has 0 aliphatic heterocycles. The van der Waals surface area contributed by atoms with Gasteiger partial charge in [-0.2, -0.15) is 26.3 Å². The molecule has 4 atom stereocenters. The highest BCUT2D eigenvalue weighted by Gasteiger charge is 2.71. The standard InChI is InChI=1S/C11H14F6O.C7H14O3/c12-10(13,14)9(18,11(15,16)17)5-8-4-6-1-2-7(8)3-6;1-4-7(2,5-8)6(9)10-3/h6-8,18H,1-5H2;8H,4-5H2,1-3H3. The molecule has 0 aromatic rings. The zero-order valence-electron chi connectivity index (χ0n) is 16.2. The number of aliphatic hydroxyl groups excluding tert-OH is 1. The van der Waals surface area contributed by atoms with Crippen molar-refractivity contribution in [3.8, 4) is 0 Å². The molecule has 2 rings (SSSR count). The maximum absolute atomic E-state index is 12.5. The molecule has 166 valence electrons. The quantitative estimate of drug-likeness (QED) is 0.514. The Labute approximate surface area is 160 Å². The molecule has 10 heteroatoms. The van der Waals surface area contributed by atoms with E-state index in [2.05, 4.69) is 4.74 Å². The average molecular weight is 422 g/mol. The summed E-state index contributed by atoms with van der Waals surface area (Å²) in [5, 5.41) is 17.9. The summed E-state index contributed by atoms with van der Waals surface area (Å²) < 4.78 is 79.7. The molecule has 0 heterocycles. The Kier molecular flexibility index (Phi) is 7.83. The van der Waals surface area contributed by atoms with E-state index in [0.717, 1.165) is 6.42 Å². The number of carbonyl (C=O) groups is 1. The molecule has 2 N–H and O–H groups in total. The Bertz CT molecular complexity index is 513. The zero-order chi connectivity index (χ0) is 22.0. The van der Waals surface area contributed by atoms with Gasteiger partial charge in [0.05, 0.1) is 19.1 Å². The first-order valence-corrected chi connectivity index (χ1v) is 9.20. The summed E-state index contributed by atoms with van der Waals surface area (Å²) in [5.74, 6) is -0.869. The third-order valence-corrected chi connectivity index (χ3v) is 6.19. The van der Waals surface area contributed by atoms with E-state index in [9.17, 15) is 31.1 Å². The number of fused-ring (bicyclic) bond motifs is 2. The number of aliphatic hydroxyl groups is 2. The molecule has 0 aromatic carbocycles. The van der Waals surface area contributed by atoms with Crippen LogP contribution in [-0.4, -0.2) is 47.9 Å². The van der Waals surface area contributed by atoms with Gasteiger partial charge in [-0.3, -0.25) is 4.79 Å². The number of carbonyl (C=O) groups excluding carboxylic acids is 1. The molecule has 4 nitrogen and oxygen atoms in total. The first kappa shape index (κ1) is 25.0. The van der Waals surface area contributed by atoms with Crippen LogP contribution < -0.4 is 0 Å². The van der Waals surface area contributed by atoms with Crippen molar-refractivity contribution in [3.63, 3.8) is 0 Å². The van der Waals surface area contributed by atoms with Crippen molar-refractivity contribution in [2.45, 2.75) is 70.3 Å². The van der Waals surface area contributed by atoms with Gasteiger partial charge < -0.3 is 14.9 Å². The third-order valence-electron chi connectivity index (χ3n) is 6.19. The van der Waals surface area contributed by atoms with E-state index >= 15 is 0 Å². The minimum atomic E-state index is -5.67. The number of hydrogen-bond donors (Lipinski definition) is 2. The first-order valence-electron chi connectivity index (χ1n) is 9.20. The van der Waals surface area contributed by atoms with E-state index in [0.29, 0.717) is 25.7 Å². The molecule has 0 spiro atoms. The lowest BCUT2D eigenvalue weighted by molar-refractivity contribution is -0.373. The lowest BCUT2D eigenvalue weighted by atomic mass is 9.79. The highest BCUT2D eigenvalue weighted by atomic mass is 19.4. The van der Waals surface area contributed by atoms with E-state index in [1.807, 2.05) is 6.92 Å². The van der Waals surface area contributed by atoms with Gasteiger partial charge in [0.25, 0.3) is 5.60 Å². The Hall–Kier alpha value is -1.03. The molecule has 28 heavy (non-hydrogen) atoms. The molecule has 2 bridgehead atoms. The predicted molar refractivity (Wildman–Crippen MR) is 88.1 cm³/mol. The summed E-state index contributed by atoms with van der Waals surface area (Å²) in [6.07, 6.45) is -9.36. The molecule has 0 aromatic heterocycles. The molecule has 0 saturated heterocycles. The molecule has 4 unspecified atom stereocenters. The van der Waals surface area contributed by atoms with E-state index in [1.165, 1.54) is 7.11 Å². The van der Waals surface area contributed by atoms with E-state index in [1.54, 1.807) is 6.92 Å². The van der Waals surface area contributed by atoms with Crippen molar-refractivity contribution in [1.29, 1.82) is 0 Å². The van der Waals surface area contributed by atoms with Gasteiger partial charge in [-0.25, -0.2) is 0 Å². The summed E-state index contributed by atoms with van der Waals surface area (Å²) in [5.41, 5.74) is -5.27. The second-order valence-corrected chi connectivity index (χ2v) is 8.06. The highest BCUT2D eigenvalue weighted by Crippen LogP contribution is 2.55. The third kappa shape index (κ3) is 5.11. The monoisotopic (exact) mass is 422 g/mol. The Balaban J connectivity index is 0.000000336. The van der Waals surface area contributed by atoms with E-state index in [-0.39, 0.29) is 24.4 Å². The van der Waals surface area contributed by atoms with Crippen LogP contribution in [0.4, 0.5) is 26.3 Å². The number of rotatable bonds is 5. The Morgan fingerprint density at radius 3 is 1.86 bits per heavy atom. The maximum Gasteiger partial charge on any atom is 0.426 e. The maximum atomic E-state index is 12.5. The minimum Gasteiger partial charge on any atom is -0.469 e. The van der Waals surface area contributed by atoms with Gasteiger partial charge in [0.15, 0.2) is 0 Å². The fourth-order valence-electron chi connectivity index (χ4n) is 3.97. The second kappa shape index (κ2) is 8.77. The van der Waals surface area contributed by atoms with Gasteiger partial charge in [-0.05, 0) is 56.8 Å². The van der Waals surface area contributed by atoms with Crippen LogP contribution in [0, 0.1) is 23.2 Å². The van der Waals surface area contributed by atoms with Crippen LogP contribution in [0.2, 0.25) is 0 Å². The Morgan fingerprint density at radius 2 is 1.61 bits per heavy atom. The van der Waals surface area contributed by atoms with Gasteiger partial charge in [0.1, 0.15) is 0 Å². The van der Waals surface area contributed by atoms with Crippen LogP contribution in [-0.2, 0) is 9.53 Å². The number of ether oxygens (including phenoxy) is 1. The fraction of sp³-hybridized carbons (Fsp3) is 0.944. The topological polar surface area (TPSA) is 66.8 Å². The van der Waals surface area contributed by atoms with Crippen LogP contribution in [0.25, 0.3) is 0 Å². The van der Waals surface area contributed by atoms with Crippen molar-refractivity contribution >= 4 is 5.97 Å². The van der Waals surface area contributed by atoms with Gasteiger partial charge in [-0.1, -0.05) is 13.3 Å². The van der Waals surface area contributed by atoms with Crippen molar-refractivity contribution in [2.24, 2.45) is 23.2 Å². The largest absolute Gasteiger partial charge is 0.469 e. The lowest BCUT2D eigenvalue weighted by Gasteiger charge is -2.36.